The molecule has 0 aromatic heterocycles. The summed E-state index contributed by atoms with van der Waals surface area (Å²) in [5.74, 6) is -0.266. The van der Waals surface area contributed by atoms with E-state index in [0.29, 0.717) is 18.5 Å². The van der Waals surface area contributed by atoms with Crippen LogP contribution in [0.15, 0.2) is 36.9 Å². The Morgan fingerprint density at radius 1 is 1.28 bits per heavy atom. The summed E-state index contributed by atoms with van der Waals surface area (Å²) < 4.78 is 0. The van der Waals surface area contributed by atoms with Crippen molar-refractivity contribution in [1.29, 1.82) is 0 Å². The molecule has 0 aliphatic rings. The normalized spacial score (nSPS) is 12.4. The lowest BCUT2D eigenvalue weighted by Crippen LogP contribution is -2.42. The van der Waals surface area contributed by atoms with Crippen molar-refractivity contribution in [3.8, 4) is 0 Å². The predicted molar refractivity (Wildman–Crippen MR) is 104 cm³/mol. The second-order valence-corrected chi connectivity index (χ2v) is 6.53. The van der Waals surface area contributed by atoms with Crippen LogP contribution in [0.25, 0.3) is 6.08 Å². The molecule has 1 amide bonds. The number of unbranched alkanes of at least 4 members (excludes halogenated alkanes) is 1. The summed E-state index contributed by atoms with van der Waals surface area (Å²) in [5, 5.41) is 2.90. The number of amides is 1. The van der Waals surface area contributed by atoms with Gasteiger partial charge in [-0.05, 0) is 56.0 Å². The van der Waals surface area contributed by atoms with E-state index in [2.05, 4.69) is 11.9 Å². The molecule has 0 aliphatic heterocycles. The van der Waals surface area contributed by atoms with E-state index in [-0.39, 0.29) is 17.6 Å². The largest absolute Gasteiger partial charge is 0.342 e. The number of carbonyl (C=O) groups is 2. The third kappa shape index (κ3) is 6.67. The number of ketones is 1. The molecule has 0 heterocycles. The summed E-state index contributed by atoms with van der Waals surface area (Å²) in [6, 6.07) is 5.06. The van der Waals surface area contributed by atoms with Gasteiger partial charge in [0.05, 0.1) is 6.04 Å². The van der Waals surface area contributed by atoms with Gasteiger partial charge in [-0.3, -0.25) is 9.59 Å². The quantitative estimate of drug-likeness (QED) is 0.503. The van der Waals surface area contributed by atoms with Gasteiger partial charge in [-0.1, -0.05) is 44.7 Å². The summed E-state index contributed by atoms with van der Waals surface area (Å²) in [5.41, 5.74) is 8.12. The summed E-state index contributed by atoms with van der Waals surface area (Å²) >= 11 is 0. The minimum absolute atomic E-state index is 0.0626. The zero-order valence-corrected chi connectivity index (χ0v) is 15.5. The van der Waals surface area contributed by atoms with Gasteiger partial charge in [0.25, 0.3) is 5.91 Å². The van der Waals surface area contributed by atoms with Gasteiger partial charge in [0.2, 0.25) is 0 Å². The smallest absolute Gasteiger partial charge is 0.251 e. The molecule has 0 bridgehead atoms. The van der Waals surface area contributed by atoms with Gasteiger partial charge in [0.1, 0.15) is 0 Å². The SMILES string of the molecule is C=C/C=C\c1ccc(C(=O)NC(CCCCN)C(=O)C(C)C)cc1C. The van der Waals surface area contributed by atoms with Crippen LogP contribution in [0.3, 0.4) is 0 Å². The second kappa shape index (κ2) is 10.6. The first-order valence-electron chi connectivity index (χ1n) is 8.85. The summed E-state index contributed by atoms with van der Waals surface area (Å²) in [4.78, 5) is 24.9. The molecule has 0 saturated carbocycles. The lowest BCUT2D eigenvalue weighted by molar-refractivity contribution is -0.123. The highest BCUT2D eigenvalue weighted by atomic mass is 16.2. The third-order valence-corrected chi connectivity index (χ3v) is 4.11. The molecule has 0 spiro atoms. The Bertz CT molecular complexity index is 633. The predicted octanol–water partition coefficient (Wildman–Crippen LogP) is 3.65. The van der Waals surface area contributed by atoms with Gasteiger partial charge in [-0.2, -0.15) is 0 Å². The number of nitrogens with one attached hydrogen (secondary N) is 1. The minimum atomic E-state index is -0.459. The van der Waals surface area contributed by atoms with E-state index in [1.165, 1.54) is 0 Å². The van der Waals surface area contributed by atoms with Crippen LogP contribution in [0.4, 0.5) is 0 Å². The molecule has 3 N–H and O–H groups in total. The summed E-state index contributed by atoms with van der Waals surface area (Å²) in [6.07, 6.45) is 7.81. The minimum Gasteiger partial charge on any atom is -0.342 e. The van der Waals surface area contributed by atoms with Gasteiger partial charge in [0, 0.05) is 11.5 Å². The summed E-state index contributed by atoms with van der Waals surface area (Å²) in [6.45, 7) is 9.92. The molecule has 25 heavy (non-hydrogen) atoms. The topological polar surface area (TPSA) is 72.2 Å². The molecular weight excluding hydrogens is 312 g/mol. The van der Waals surface area contributed by atoms with Gasteiger partial charge < -0.3 is 11.1 Å². The molecular formula is C21H30N2O2. The lowest BCUT2D eigenvalue weighted by Gasteiger charge is -2.20. The number of hydrogen-bond donors (Lipinski definition) is 2. The average Bonchev–Trinajstić information content (AvgIpc) is 2.59. The van der Waals surface area contributed by atoms with Gasteiger partial charge in [0.15, 0.2) is 5.78 Å². The maximum absolute atomic E-state index is 12.6. The van der Waals surface area contributed by atoms with Crippen molar-refractivity contribution in [2.45, 2.75) is 46.1 Å². The van der Waals surface area contributed by atoms with Gasteiger partial charge in [-0.15, -0.1) is 0 Å². The highest BCUT2D eigenvalue weighted by molar-refractivity contribution is 5.98. The number of benzene rings is 1. The average molecular weight is 342 g/mol. The summed E-state index contributed by atoms with van der Waals surface area (Å²) in [7, 11) is 0. The van der Waals surface area contributed by atoms with Crippen molar-refractivity contribution < 1.29 is 9.59 Å². The Balaban J connectivity index is 2.88. The van der Waals surface area contributed by atoms with Crippen LogP contribution in [0.5, 0.6) is 0 Å². The number of nitrogens with two attached hydrogens (primary N) is 1. The van der Waals surface area contributed by atoms with E-state index in [1.54, 1.807) is 12.1 Å². The molecule has 1 rings (SSSR count). The van der Waals surface area contributed by atoms with E-state index in [1.807, 2.05) is 45.1 Å². The maximum Gasteiger partial charge on any atom is 0.251 e. The molecule has 0 aliphatic carbocycles. The van der Waals surface area contributed by atoms with E-state index >= 15 is 0 Å². The number of aryl methyl sites for hydroxylation is 1. The molecule has 1 atom stereocenters. The Hall–Kier alpha value is -2.20. The van der Waals surface area contributed by atoms with E-state index in [4.69, 9.17) is 5.73 Å². The number of hydrogen-bond acceptors (Lipinski definition) is 3. The fourth-order valence-electron chi connectivity index (χ4n) is 2.60. The van der Waals surface area contributed by atoms with Crippen LogP contribution in [0.2, 0.25) is 0 Å². The zero-order chi connectivity index (χ0) is 18.8. The second-order valence-electron chi connectivity index (χ2n) is 6.53. The monoisotopic (exact) mass is 342 g/mol. The van der Waals surface area contributed by atoms with E-state index in [0.717, 1.165) is 24.0 Å². The molecule has 1 aromatic carbocycles. The molecule has 0 radical (unpaired) electrons. The standard InChI is InChI=1S/C21H30N2O2/c1-5-6-9-17-11-12-18(14-16(17)4)21(25)23-19(10-7-8-13-22)20(24)15(2)3/h5-6,9,11-12,14-15,19H,1,7-8,10,13,22H2,2-4H3,(H,23,25)/b9-6-. The van der Waals surface area contributed by atoms with Crippen LogP contribution in [0.1, 0.15) is 54.6 Å². The van der Waals surface area contributed by atoms with Crippen molar-refractivity contribution in [2.75, 3.05) is 6.54 Å². The van der Waals surface area contributed by atoms with Crippen molar-refractivity contribution in [3.63, 3.8) is 0 Å². The van der Waals surface area contributed by atoms with Crippen LogP contribution in [-0.4, -0.2) is 24.3 Å². The van der Waals surface area contributed by atoms with Crippen LogP contribution in [0, 0.1) is 12.8 Å². The maximum atomic E-state index is 12.6. The van der Waals surface area contributed by atoms with Crippen LogP contribution < -0.4 is 11.1 Å². The number of carbonyl (C=O) groups excluding carboxylic acids is 2. The Morgan fingerprint density at radius 3 is 2.56 bits per heavy atom. The van der Waals surface area contributed by atoms with Crippen LogP contribution >= 0.6 is 0 Å². The van der Waals surface area contributed by atoms with Crippen molar-refractivity contribution in [1.82, 2.24) is 5.32 Å². The number of Topliss-reactive ketones (excluding diaryl/α,β-unsaturated/α-hetero) is 1. The molecule has 1 unspecified atom stereocenters. The first-order chi connectivity index (χ1) is 11.9. The number of allylic oxidation sites excluding steroid dienone is 2. The zero-order valence-electron chi connectivity index (χ0n) is 15.5. The molecule has 4 nitrogen and oxygen atoms in total. The fraction of sp³-hybridized carbons (Fsp3) is 0.429. The first kappa shape index (κ1) is 20.8. The van der Waals surface area contributed by atoms with Crippen molar-refractivity contribution in [3.05, 3.63) is 53.6 Å². The molecule has 0 fully saturated rings. The molecule has 4 heteroatoms. The molecule has 136 valence electrons. The third-order valence-electron chi connectivity index (χ3n) is 4.11. The van der Waals surface area contributed by atoms with Crippen molar-refractivity contribution >= 4 is 17.8 Å². The van der Waals surface area contributed by atoms with Gasteiger partial charge in [-0.25, -0.2) is 0 Å². The first-order valence-corrected chi connectivity index (χ1v) is 8.85. The molecule has 1 aromatic rings. The van der Waals surface area contributed by atoms with E-state index in [9.17, 15) is 9.59 Å². The Morgan fingerprint density at radius 2 is 2.00 bits per heavy atom. The fourth-order valence-corrected chi connectivity index (χ4v) is 2.60. The Labute approximate surface area is 151 Å². The highest BCUT2D eigenvalue weighted by Gasteiger charge is 2.23. The van der Waals surface area contributed by atoms with E-state index < -0.39 is 6.04 Å². The van der Waals surface area contributed by atoms with Crippen LogP contribution in [-0.2, 0) is 4.79 Å². The van der Waals surface area contributed by atoms with Gasteiger partial charge >= 0.3 is 0 Å². The number of rotatable bonds is 10. The highest BCUT2D eigenvalue weighted by Crippen LogP contribution is 2.14. The lowest BCUT2D eigenvalue weighted by atomic mass is 9.96. The Kier molecular flexibility index (Phi) is 8.86. The van der Waals surface area contributed by atoms with Crippen molar-refractivity contribution in [2.24, 2.45) is 11.7 Å². The molecule has 0 saturated heterocycles.